The summed E-state index contributed by atoms with van der Waals surface area (Å²) in [5.41, 5.74) is -0.167. The predicted octanol–water partition coefficient (Wildman–Crippen LogP) is 3.19. The predicted molar refractivity (Wildman–Crippen MR) is 76.0 cm³/mol. The number of thioether (sulfide) groups is 1. The first-order valence-corrected chi connectivity index (χ1v) is 7.77. The van der Waals surface area contributed by atoms with Gasteiger partial charge in [-0.15, -0.1) is 16.8 Å². The third kappa shape index (κ3) is 2.75. The number of nitrogens with one attached hydrogen (secondary N) is 1. The third-order valence-corrected chi connectivity index (χ3v) is 5.27. The van der Waals surface area contributed by atoms with Crippen LogP contribution in [0.2, 0.25) is 0 Å². The van der Waals surface area contributed by atoms with Gasteiger partial charge in [-0.1, -0.05) is 43.0 Å². The van der Waals surface area contributed by atoms with Crippen molar-refractivity contribution in [3.8, 4) is 0 Å². The summed E-state index contributed by atoms with van der Waals surface area (Å²) in [6, 6.07) is 0. The van der Waals surface area contributed by atoms with E-state index in [1.54, 1.807) is 11.8 Å². The highest BCUT2D eigenvalue weighted by molar-refractivity contribution is 8.01. The Morgan fingerprint density at radius 1 is 1.61 bits per heavy atom. The van der Waals surface area contributed by atoms with Crippen LogP contribution in [-0.2, 0) is 4.79 Å². The van der Waals surface area contributed by atoms with Crippen molar-refractivity contribution >= 4 is 34.1 Å². The van der Waals surface area contributed by atoms with Gasteiger partial charge in [0.05, 0.1) is 5.41 Å². The molecule has 0 bridgehead atoms. The Morgan fingerprint density at radius 3 is 2.89 bits per heavy atom. The van der Waals surface area contributed by atoms with Gasteiger partial charge in [0.2, 0.25) is 11.0 Å². The molecule has 1 aliphatic carbocycles. The van der Waals surface area contributed by atoms with Crippen LogP contribution in [0.25, 0.3) is 0 Å². The SMILES string of the molecule is C=CCSc1nnc(NC(=O)C2(C(C)C)CC2)s1. The van der Waals surface area contributed by atoms with Crippen LogP contribution in [0.3, 0.4) is 0 Å². The molecule has 1 saturated carbocycles. The molecule has 0 atom stereocenters. The molecule has 0 saturated heterocycles. The molecule has 0 radical (unpaired) electrons. The highest BCUT2D eigenvalue weighted by Gasteiger charge is 2.52. The molecule has 0 aliphatic heterocycles. The molecule has 2 rings (SSSR count). The van der Waals surface area contributed by atoms with Crippen molar-refractivity contribution in [3.05, 3.63) is 12.7 Å². The van der Waals surface area contributed by atoms with E-state index >= 15 is 0 Å². The molecular formula is C12H17N3OS2. The number of aromatic nitrogens is 2. The van der Waals surface area contributed by atoms with Crippen molar-refractivity contribution < 1.29 is 4.79 Å². The van der Waals surface area contributed by atoms with E-state index in [1.807, 2.05) is 6.08 Å². The first-order valence-electron chi connectivity index (χ1n) is 5.97. The number of anilines is 1. The Hall–Kier alpha value is -0.880. The summed E-state index contributed by atoms with van der Waals surface area (Å²) in [4.78, 5) is 12.2. The van der Waals surface area contributed by atoms with E-state index in [0.717, 1.165) is 22.9 Å². The topological polar surface area (TPSA) is 54.9 Å². The van der Waals surface area contributed by atoms with Gasteiger partial charge in [-0.2, -0.15) is 0 Å². The first-order chi connectivity index (χ1) is 8.58. The largest absolute Gasteiger partial charge is 0.300 e. The minimum Gasteiger partial charge on any atom is -0.300 e. The molecule has 1 aliphatic rings. The fourth-order valence-electron chi connectivity index (χ4n) is 1.87. The minimum atomic E-state index is -0.167. The zero-order valence-electron chi connectivity index (χ0n) is 10.6. The second-order valence-corrected chi connectivity index (χ2v) is 6.98. The molecule has 1 amide bonds. The Morgan fingerprint density at radius 2 is 2.33 bits per heavy atom. The molecule has 1 aromatic heterocycles. The molecule has 0 spiro atoms. The standard InChI is InChI=1S/C12H17N3OS2/c1-4-7-17-11-15-14-10(18-11)13-9(16)12(5-6-12)8(2)3/h4,8H,1,5-7H2,2-3H3,(H,13,14,16). The van der Waals surface area contributed by atoms with Gasteiger partial charge < -0.3 is 5.32 Å². The lowest BCUT2D eigenvalue weighted by atomic mass is 9.92. The molecule has 1 N–H and O–H groups in total. The number of rotatable bonds is 6. The zero-order chi connectivity index (χ0) is 13.2. The Balaban J connectivity index is 1.95. The van der Waals surface area contributed by atoms with Gasteiger partial charge in [0.1, 0.15) is 0 Å². The summed E-state index contributed by atoms with van der Waals surface area (Å²) >= 11 is 2.99. The number of hydrogen-bond donors (Lipinski definition) is 1. The van der Waals surface area contributed by atoms with Crippen molar-refractivity contribution in [3.63, 3.8) is 0 Å². The number of carbonyl (C=O) groups excluding carboxylic acids is 1. The van der Waals surface area contributed by atoms with E-state index in [1.165, 1.54) is 11.3 Å². The monoisotopic (exact) mass is 283 g/mol. The van der Waals surface area contributed by atoms with Gasteiger partial charge in [0.25, 0.3) is 0 Å². The van der Waals surface area contributed by atoms with E-state index < -0.39 is 0 Å². The lowest BCUT2D eigenvalue weighted by Gasteiger charge is -2.17. The van der Waals surface area contributed by atoms with E-state index in [4.69, 9.17) is 0 Å². The van der Waals surface area contributed by atoms with Crippen molar-refractivity contribution in [1.82, 2.24) is 10.2 Å². The molecule has 6 heteroatoms. The van der Waals surface area contributed by atoms with Crippen molar-refractivity contribution in [2.45, 2.75) is 31.0 Å². The van der Waals surface area contributed by atoms with Crippen LogP contribution in [0, 0.1) is 11.3 Å². The number of carbonyl (C=O) groups is 1. The van der Waals surface area contributed by atoms with Gasteiger partial charge in [-0.25, -0.2) is 0 Å². The van der Waals surface area contributed by atoms with Crippen LogP contribution in [0.5, 0.6) is 0 Å². The number of hydrogen-bond acceptors (Lipinski definition) is 5. The molecule has 1 heterocycles. The quantitative estimate of drug-likeness (QED) is 0.495. The molecule has 18 heavy (non-hydrogen) atoms. The van der Waals surface area contributed by atoms with Crippen LogP contribution >= 0.6 is 23.1 Å². The maximum absolute atomic E-state index is 12.2. The van der Waals surface area contributed by atoms with Crippen LogP contribution in [-0.4, -0.2) is 21.9 Å². The van der Waals surface area contributed by atoms with Gasteiger partial charge in [-0.05, 0) is 18.8 Å². The van der Waals surface area contributed by atoms with E-state index in [-0.39, 0.29) is 11.3 Å². The molecule has 4 nitrogen and oxygen atoms in total. The smallest absolute Gasteiger partial charge is 0.232 e. The summed E-state index contributed by atoms with van der Waals surface area (Å²) in [7, 11) is 0. The lowest BCUT2D eigenvalue weighted by molar-refractivity contribution is -0.122. The van der Waals surface area contributed by atoms with Gasteiger partial charge >= 0.3 is 0 Å². The minimum absolute atomic E-state index is 0.0916. The van der Waals surface area contributed by atoms with E-state index in [9.17, 15) is 4.79 Å². The maximum Gasteiger partial charge on any atom is 0.232 e. The molecule has 1 aromatic rings. The molecule has 98 valence electrons. The molecule has 0 aromatic carbocycles. The van der Waals surface area contributed by atoms with Crippen LogP contribution < -0.4 is 5.32 Å². The van der Waals surface area contributed by atoms with Gasteiger partial charge in [0, 0.05) is 5.75 Å². The van der Waals surface area contributed by atoms with E-state index in [0.29, 0.717) is 11.0 Å². The highest BCUT2D eigenvalue weighted by atomic mass is 32.2. The summed E-state index contributed by atoms with van der Waals surface area (Å²) in [5, 5.41) is 11.5. The summed E-state index contributed by atoms with van der Waals surface area (Å²) in [6.45, 7) is 7.85. The van der Waals surface area contributed by atoms with Crippen LogP contribution in [0.15, 0.2) is 17.0 Å². The molecular weight excluding hydrogens is 266 g/mol. The van der Waals surface area contributed by atoms with Crippen molar-refractivity contribution in [2.75, 3.05) is 11.1 Å². The molecule has 0 unspecified atom stereocenters. The van der Waals surface area contributed by atoms with Crippen LogP contribution in [0.1, 0.15) is 26.7 Å². The second-order valence-electron chi connectivity index (χ2n) is 4.74. The Kier molecular flexibility index (Phi) is 4.07. The van der Waals surface area contributed by atoms with Crippen molar-refractivity contribution in [1.29, 1.82) is 0 Å². The van der Waals surface area contributed by atoms with Crippen LogP contribution in [0.4, 0.5) is 5.13 Å². The summed E-state index contributed by atoms with van der Waals surface area (Å²) < 4.78 is 0.861. The fourth-order valence-corrected chi connectivity index (χ4v) is 3.38. The summed E-state index contributed by atoms with van der Waals surface area (Å²) in [5.74, 6) is 1.27. The normalized spacial score (nSPS) is 16.6. The number of nitrogens with zero attached hydrogens (tertiary/aromatic N) is 2. The fraction of sp³-hybridized carbons (Fsp3) is 0.583. The Labute approximate surface area is 115 Å². The first kappa shape index (κ1) is 13.5. The Bertz CT molecular complexity index is 452. The summed E-state index contributed by atoms with van der Waals surface area (Å²) in [6.07, 6.45) is 3.78. The maximum atomic E-state index is 12.2. The highest BCUT2D eigenvalue weighted by Crippen LogP contribution is 2.52. The average Bonchev–Trinajstić information content (AvgIpc) is 3.04. The van der Waals surface area contributed by atoms with Gasteiger partial charge in [0.15, 0.2) is 4.34 Å². The number of amides is 1. The van der Waals surface area contributed by atoms with Crippen molar-refractivity contribution in [2.24, 2.45) is 11.3 Å². The zero-order valence-corrected chi connectivity index (χ0v) is 12.2. The third-order valence-electron chi connectivity index (χ3n) is 3.30. The lowest BCUT2D eigenvalue weighted by Crippen LogP contribution is -2.28. The second kappa shape index (κ2) is 5.40. The van der Waals surface area contributed by atoms with Gasteiger partial charge in [-0.3, -0.25) is 4.79 Å². The van der Waals surface area contributed by atoms with E-state index in [2.05, 4.69) is 35.9 Å². The average molecular weight is 283 g/mol. The molecule has 1 fully saturated rings.